The van der Waals surface area contributed by atoms with Crippen LogP contribution >= 0.6 is 0 Å². The molecule has 0 fully saturated rings. The van der Waals surface area contributed by atoms with E-state index in [-0.39, 0.29) is 0 Å². The van der Waals surface area contributed by atoms with Crippen molar-refractivity contribution in [2.75, 3.05) is 6.61 Å². The van der Waals surface area contributed by atoms with E-state index in [1.807, 2.05) is 18.3 Å². The molecule has 0 saturated heterocycles. The number of hydrogen-bond acceptors (Lipinski definition) is 4. The molecular weight excluding hydrogens is 340 g/mol. The number of carbonyl (C=O) groups is 1. The van der Waals surface area contributed by atoms with Gasteiger partial charge in [0.2, 0.25) is 0 Å². The first-order valence-electron chi connectivity index (χ1n) is 9.48. The molecule has 0 spiro atoms. The average molecular weight is 364 g/mol. The molecule has 0 radical (unpaired) electrons. The number of rotatable bonds is 6. The van der Waals surface area contributed by atoms with Crippen molar-refractivity contribution in [1.29, 1.82) is 0 Å². The minimum absolute atomic E-state index is 0.315. The number of ether oxygens (including phenoxy) is 1. The number of allylic oxidation sites excluding steroid dienone is 1. The first kappa shape index (κ1) is 17.5. The molecule has 2 heterocycles. The number of hydrogen-bond donors (Lipinski definition) is 1. The Labute approximate surface area is 158 Å². The monoisotopic (exact) mass is 364 g/mol. The highest BCUT2D eigenvalue weighted by molar-refractivity contribution is 5.97. The fraction of sp³-hybridized carbons (Fsp3) is 0.381. The second-order valence-electron chi connectivity index (χ2n) is 7.23. The third-order valence-electron chi connectivity index (χ3n) is 5.16. The number of fused-ring (bicyclic) bond motifs is 1. The third kappa shape index (κ3) is 3.27. The van der Waals surface area contributed by atoms with Crippen LogP contribution in [0.5, 0.6) is 5.75 Å². The summed E-state index contributed by atoms with van der Waals surface area (Å²) in [4.78, 5) is 18.9. The van der Waals surface area contributed by atoms with Crippen molar-refractivity contribution in [1.82, 2.24) is 19.7 Å². The predicted octanol–water partition coefficient (Wildman–Crippen LogP) is 4.56. The number of benzene rings is 1. The number of nitrogens with zero attached hydrogens (tertiary/aromatic N) is 3. The van der Waals surface area contributed by atoms with Gasteiger partial charge in [0.05, 0.1) is 23.1 Å². The minimum Gasteiger partial charge on any atom is -0.488 e. The first-order chi connectivity index (χ1) is 13.2. The summed E-state index contributed by atoms with van der Waals surface area (Å²) in [5.41, 5.74) is 5.80. The Kier molecular flexibility index (Phi) is 4.79. The van der Waals surface area contributed by atoms with Crippen LogP contribution in [-0.4, -0.2) is 32.6 Å². The van der Waals surface area contributed by atoms with Gasteiger partial charge in [0.15, 0.2) is 6.29 Å². The topological polar surface area (TPSA) is 72.8 Å². The Morgan fingerprint density at radius 3 is 2.93 bits per heavy atom. The maximum atomic E-state index is 11.6. The Morgan fingerprint density at radius 2 is 2.11 bits per heavy atom. The largest absolute Gasteiger partial charge is 0.488 e. The number of carbonyl (C=O) groups excluding carboxylic acids is 1. The zero-order valence-corrected chi connectivity index (χ0v) is 15.7. The number of aldehydes is 1. The molecule has 1 aromatic carbocycles. The van der Waals surface area contributed by atoms with Crippen molar-refractivity contribution in [2.24, 2.45) is 0 Å². The van der Waals surface area contributed by atoms with Crippen LogP contribution in [0.2, 0.25) is 0 Å². The highest BCUT2D eigenvalue weighted by Crippen LogP contribution is 2.34. The Bertz CT molecular complexity index is 997. The lowest BCUT2D eigenvalue weighted by atomic mass is 9.90. The van der Waals surface area contributed by atoms with Crippen molar-refractivity contribution < 1.29 is 9.53 Å². The standard InChI is InChI=1S/C21H24N4O2/c1-14(2)25-19(9-10-24-25)16-6-4-3-5-15(16)12-27-20-8-7-18-21(17(20)11-26)23-13-22-18/h7-11,13-14H,3-6,12H2,1-2H3,(H,22,23). The summed E-state index contributed by atoms with van der Waals surface area (Å²) in [5, 5.41) is 4.48. The van der Waals surface area contributed by atoms with Crippen LogP contribution in [0.25, 0.3) is 16.6 Å². The van der Waals surface area contributed by atoms with E-state index in [9.17, 15) is 4.79 Å². The Hall–Kier alpha value is -2.89. The second kappa shape index (κ2) is 7.39. The molecule has 140 valence electrons. The second-order valence-corrected chi connectivity index (χ2v) is 7.23. The lowest BCUT2D eigenvalue weighted by molar-refractivity contribution is 0.112. The molecule has 2 aromatic heterocycles. The fourth-order valence-corrected chi connectivity index (χ4v) is 3.82. The summed E-state index contributed by atoms with van der Waals surface area (Å²) in [6, 6.07) is 6.14. The summed E-state index contributed by atoms with van der Waals surface area (Å²) in [6.45, 7) is 4.77. The van der Waals surface area contributed by atoms with Crippen molar-refractivity contribution in [3.8, 4) is 5.75 Å². The van der Waals surface area contributed by atoms with Gasteiger partial charge in [0.25, 0.3) is 0 Å². The highest BCUT2D eigenvalue weighted by Gasteiger charge is 2.20. The van der Waals surface area contributed by atoms with E-state index in [0.717, 1.165) is 31.1 Å². The molecule has 1 aliphatic rings. The van der Waals surface area contributed by atoms with Gasteiger partial charge in [-0.05, 0) is 68.9 Å². The quantitative estimate of drug-likeness (QED) is 0.651. The lowest BCUT2D eigenvalue weighted by Crippen LogP contribution is -2.13. The van der Waals surface area contributed by atoms with Crippen LogP contribution in [0.15, 0.2) is 36.3 Å². The molecule has 0 bridgehead atoms. The molecule has 6 heteroatoms. The Balaban J connectivity index is 1.65. The van der Waals surface area contributed by atoms with Gasteiger partial charge in [-0.1, -0.05) is 0 Å². The number of aromatic amines is 1. The molecule has 1 aliphatic carbocycles. The third-order valence-corrected chi connectivity index (χ3v) is 5.16. The summed E-state index contributed by atoms with van der Waals surface area (Å²) >= 11 is 0. The maximum absolute atomic E-state index is 11.6. The summed E-state index contributed by atoms with van der Waals surface area (Å²) in [6.07, 6.45) is 8.68. The zero-order valence-electron chi connectivity index (χ0n) is 15.7. The molecule has 3 aromatic rings. The number of nitrogens with one attached hydrogen (secondary N) is 1. The summed E-state index contributed by atoms with van der Waals surface area (Å²) in [7, 11) is 0. The van der Waals surface area contributed by atoms with Crippen LogP contribution in [-0.2, 0) is 0 Å². The van der Waals surface area contributed by atoms with Crippen molar-refractivity contribution >= 4 is 22.9 Å². The predicted molar refractivity (Wildman–Crippen MR) is 105 cm³/mol. The van der Waals surface area contributed by atoms with Crippen LogP contribution in [0, 0.1) is 0 Å². The van der Waals surface area contributed by atoms with Gasteiger partial charge < -0.3 is 9.72 Å². The molecule has 4 rings (SSSR count). The zero-order chi connectivity index (χ0) is 18.8. The molecule has 6 nitrogen and oxygen atoms in total. The summed E-state index contributed by atoms with van der Waals surface area (Å²) in [5.74, 6) is 0.583. The fourth-order valence-electron chi connectivity index (χ4n) is 3.82. The average Bonchev–Trinajstić information content (AvgIpc) is 3.35. The van der Waals surface area contributed by atoms with Gasteiger partial charge in [-0.25, -0.2) is 4.98 Å². The van der Waals surface area contributed by atoms with E-state index in [1.165, 1.54) is 23.3 Å². The molecule has 1 N–H and O–H groups in total. The van der Waals surface area contributed by atoms with E-state index >= 15 is 0 Å². The molecule has 0 unspecified atom stereocenters. The van der Waals surface area contributed by atoms with Crippen LogP contribution in [0.4, 0.5) is 0 Å². The molecule has 0 aliphatic heterocycles. The maximum Gasteiger partial charge on any atom is 0.156 e. The van der Waals surface area contributed by atoms with Gasteiger partial charge in [-0.3, -0.25) is 9.48 Å². The van der Waals surface area contributed by atoms with E-state index in [2.05, 4.69) is 39.7 Å². The van der Waals surface area contributed by atoms with Crippen LogP contribution in [0.1, 0.15) is 61.6 Å². The Morgan fingerprint density at radius 1 is 1.26 bits per heavy atom. The van der Waals surface area contributed by atoms with Crippen LogP contribution < -0.4 is 4.74 Å². The smallest absolute Gasteiger partial charge is 0.156 e. The first-order valence-corrected chi connectivity index (χ1v) is 9.48. The number of imidazole rings is 1. The molecular formula is C21H24N4O2. The van der Waals surface area contributed by atoms with Crippen molar-refractivity contribution in [3.63, 3.8) is 0 Å². The minimum atomic E-state index is 0.315. The summed E-state index contributed by atoms with van der Waals surface area (Å²) < 4.78 is 8.18. The normalized spacial score (nSPS) is 14.9. The van der Waals surface area contributed by atoms with E-state index in [4.69, 9.17) is 4.74 Å². The van der Waals surface area contributed by atoms with Crippen molar-refractivity contribution in [3.05, 3.63) is 47.6 Å². The van der Waals surface area contributed by atoms with E-state index < -0.39 is 0 Å². The van der Waals surface area contributed by atoms with Gasteiger partial charge in [0, 0.05) is 12.2 Å². The number of aromatic nitrogens is 4. The molecule has 0 amide bonds. The van der Waals surface area contributed by atoms with Gasteiger partial charge in [-0.15, -0.1) is 0 Å². The van der Waals surface area contributed by atoms with Gasteiger partial charge >= 0.3 is 0 Å². The highest BCUT2D eigenvalue weighted by atomic mass is 16.5. The van der Waals surface area contributed by atoms with Gasteiger partial charge in [0.1, 0.15) is 17.9 Å². The molecule has 27 heavy (non-hydrogen) atoms. The van der Waals surface area contributed by atoms with E-state index in [0.29, 0.717) is 29.5 Å². The SMILES string of the molecule is CC(C)n1nccc1C1=C(COc2ccc3[nH]cnc3c2C=O)CCCC1. The number of H-pyrrole nitrogens is 1. The van der Waals surface area contributed by atoms with Crippen molar-refractivity contribution in [2.45, 2.75) is 45.6 Å². The lowest BCUT2D eigenvalue weighted by Gasteiger charge is -2.23. The van der Waals surface area contributed by atoms with Crippen LogP contribution in [0.3, 0.4) is 0 Å². The molecule has 0 atom stereocenters. The molecule has 0 saturated carbocycles. The van der Waals surface area contributed by atoms with Gasteiger partial charge in [-0.2, -0.15) is 5.10 Å². The van der Waals surface area contributed by atoms with E-state index in [1.54, 1.807) is 6.33 Å².